The van der Waals surface area contributed by atoms with Gasteiger partial charge in [-0.15, -0.1) is 0 Å². The van der Waals surface area contributed by atoms with Crippen molar-refractivity contribution in [3.63, 3.8) is 0 Å². The fourth-order valence-corrected chi connectivity index (χ4v) is 2.21. The number of amides is 2. The van der Waals surface area contributed by atoms with Crippen LogP contribution in [-0.2, 0) is 14.3 Å². The molecule has 2 aliphatic rings. The zero-order chi connectivity index (χ0) is 17.1. The van der Waals surface area contributed by atoms with E-state index in [9.17, 15) is 19.8 Å². The normalized spacial score (nSPS) is 33.9. The summed E-state index contributed by atoms with van der Waals surface area (Å²) in [5, 5.41) is 31.2. The lowest BCUT2D eigenvalue weighted by molar-refractivity contribution is -0.154. The molecule has 2 heterocycles. The van der Waals surface area contributed by atoms with Gasteiger partial charge in [-0.05, 0) is 6.08 Å². The van der Waals surface area contributed by atoms with Crippen molar-refractivity contribution >= 4 is 12.0 Å². The maximum Gasteiger partial charge on any atom is 0.325 e. The van der Waals surface area contributed by atoms with Gasteiger partial charge in [-0.2, -0.15) is 5.48 Å². The van der Waals surface area contributed by atoms with E-state index in [0.717, 1.165) is 4.90 Å². The molecule has 1 saturated heterocycles. The third-order valence-corrected chi connectivity index (χ3v) is 3.56. The quantitative estimate of drug-likeness (QED) is 0.302. The SMILES string of the molecule is CC(C)C(=O)OC[C@H]1O[C@@H](N2C=CC(NO)NC2=O)[C@H](O)[C@@H]1O. The number of nitrogens with zero attached hydrogens (tertiary/aromatic N) is 1. The smallest absolute Gasteiger partial charge is 0.325 e. The number of nitrogens with one attached hydrogen (secondary N) is 2. The summed E-state index contributed by atoms with van der Waals surface area (Å²) < 4.78 is 10.4. The van der Waals surface area contributed by atoms with Crippen molar-refractivity contribution in [3.8, 4) is 0 Å². The van der Waals surface area contributed by atoms with Crippen molar-refractivity contribution in [1.82, 2.24) is 15.7 Å². The van der Waals surface area contributed by atoms with E-state index in [1.807, 2.05) is 5.48 Å². The van der Waals surface area contributed by atoms with Gasteiger partial charge in [0.2, 0.25) is 0 Å². The summed E-state index contributed by atoms with van der Waals surface area (Å²) in [4.78, 5) is 24.4. The van der Waals surface area contributed by atoms with E-state index in [-0.39, 0.29) is 12.5 Å². The number of hydrogen-bond acceptors (Lipinski definition) is 8. The molecule has 0 radical (unpaired) electrons. The molecule has 0 bridgehead atoms. The molecule has 23 heavy (non-hydrogen) atoms. The second kappa shape index (κ2) is 7.23. The van der Waals surface area contributed by atoms with Crippen LogP contribution in [0.25, 0.3) is 0 Å². The highest BCUT2D eigenvalue weighted by atomic mass is 16.6. The second-order valence-electron chi connectivity index (χ2n) is 5.64. The van der Waals surface area contributed by atoms with E-state index in [0.29, 0.717) is 0 Å². The number of aliphatic hydroxyl groups excluding tert-OH is 2. The molecule has 0 aromatic rings. The Balaban J connectivity index is 1.99. The molecule has 5 atom stereocenters. The lowest BCUT2D eigenvalue weighted by Gasteiger charge is -2.32. The van der Waals surface area contributed by atoms with E-state index in [4.69, 9.17) is 14.7 Å². The molecular formula is C13H21N3O7. The Morgan fingerprint density at radius 3 is 2.74 bits per heavy atom. The first-order valence-electron chi connectivity index (χ1n) is 7.20. The zero-order valence-electron chi connectivity index (χ0n) is 12.7. The van der Waals surface area contributed by atoms with Gasteiger partial charge in [0.1, 0.15) is 31.1 Å². The number of rotatable bonds is 5. The molecule has 2 rings (SSSR count). The lowest BCUT2D eigenvalue weighted by Crippen LogP contribution is -2.55. The second-order valence-corrected chi connectivity index (χ2v) is 5.64. The molecule has 0 aliphatic carbocycles. The Labute approximate surface area is 132 Å². The molecule has 0 aromatic carbocycles. The fourth-order valence-electron chi connectivity index (χ4n) is 2.21. The van der Waals surface area contributed by atoms with Crippen molar-refractivity contribution in [2.45, 2.75) is 44.6 Å². The number of hydroxylamine groups is 1. The molecule has 0 saturated carbocycles. The molecule has 1 fully saturated rings. The average molecular weight is 331 g/mol. The third kappa shape index (κ3) is 3.79. The first-order chi connectivity index (χ1) is 10.8. The highest BCUT2D eigenvalue weighted by molar-refractivity contribution is 5.77. The van der Waals surface area contributed by atoms with Crippen molar-refractivity contribution < 1.29 is 34.5 Å². The highest BCUT2D eigenvalue weighted by Crippen LogP contribution is 2.26. The van der Waals surface area contributed by atoms with E-state index in [1.54, 1.807) is 13.8 Å². The summed E-state index contributed by atoms with van der Waals surface area (Å²) in [6.07, 6.45) is -2.78. The molecule has 2 amide bonds. The van der Waals surface area contributed by atoms with Gasteiger partial charge in [0.25, 0.3) is 0 Å². The standard InChI is InChI=1S/C13H21N3O7/c1-6(2)12(19)22-5-7-9(17)10(18)11(23-7)16-4-3-8(15-21)14-13(16)20/h3-4,6-11,15,17-18,21H,5H2,1-2H3,(H,14,20)/t7-,8?,9-,10-,11-/m1/s1. The number of esters is 1. The van der Waals surface area contributed by atoms with Gasteiger partial charge in [0, 0.05) is 6.20 Å². The minimum atomic E-state index is -1.37. The molecule has 130 valence electrons. The van der Waals surface area contributed by atoms with Crippen LogP contribution in [0.4, 0.5) is 4.79 Å². The topological polar surface area (TPSA) is 141 Å². The minimum absolute atomic E-state index is 0.230. The zero-order valence-corrected chi connectivity index (χ0v) is 12.7. The Kier molecular flexibility index (Phi) is 5.55. The number of hydrogen-bond donors (Lipinski definition) is 5. The Morgan fingerprint density at radius 2 is 2.17 bits per heavy atom. The van der Waals surface area contributed by atoms with E-state index >= 15 is 0 Å². The monoisotopic (exact) mass is 331 g/mol. The number of aliphatic hydroxyl groups is 2. The van der Waals surface area contributed by atoms with Crippen molar-refractivity contribution in [2.24, 2.45) is 5.92 Å². The Hall–Kier alpha value is -1.72. The summed E-state index contributed by atoms with van der Waals surface area (Å²) in [6.45, 7) is 3.10. The predicted molar refractivity (Wildman–Crippen MR) is 74.7 cm³/mol. The van der Waals surface area contributed by atoms with Crippen LogP contribution in [0, 0.1) is 5.92 Å². The molecule has 0 spiro atoms. The molecule has 0 aromatic heterocycles. The summed E-state index contributed by atoms with van der Waals surface area (Å²) in [6, 6.07) is -0.630. The molecule has 10 nitrogen and oxygen atoms in total. The molecule has 5 N–H and O–H groups in total. The van der Waals surface area contributed by atoms with Crippen LogP contribution in [0.3, 0.4) is 0 Å². The van der Waals surface area contributed by atoms with Crippen molar-refractivity contribution in [2.75, 3.05) is 6.61 Å². The molecule has 10 heteroatoms. The Morgan fingerprint density at radius 1 is 1.48 bits per heavy atom. The fraction of sp³-hybridized carbons (Fsp3) is 0.692. The molecular weight excluding hydrogens is 310 g/mol. The number of carbonyl (C=O) groups excluding carboxylic acids is 2. The largest absolute Gasteiger partial charge is 0.463 e. The lowest BCUT2D eigenvalue weighted by atomic mass is 10.1. The van der Waals surface area contributed by atoms with Crippen molar-refractivity contribution in [3.05, 3.63) is 12.3 Å². The first kappa shape index (κ1) is 17.6. The van der Waals surface area contributed by atoms with Gasteiger partial charge in [-0.3, -0.25) is 9.69 Å². The van der Waals surface area contributed by atoms with Gasteiger partial charge in [0.05, 0.1) is 5.92 Å². The van der Waals surface area contributed by atoms with Gasteiger partial charge in [-0.25, -0.2) is 4.79 Å². The third-order valence-electron chi connectivity index (χ3n) is 3.56. The van der Waals surface area contributed by atoms with Gasteiger partial charge >= 0.3 is 12.0 Å². The molecule has 2 aliphatic heterocycles. The van der Waals surface area contributed by atoms with Crippen LogP contribution >= 0.6 is 0 Å². The maximum absolute atomic E-state index is 11.9. The molecule has 1 unspecified atom stereocenters. The highest BCUT2D eigenvalue weighted by Gasteiger charge is 2.47. The van der Waals surface area contributed by atoms with E-state index in [2.05, 4.69) is 5.32 Å². The minimum Gasteiger partial charge on any atom is -0.463 e. The predicted octanol–water partition coefficient (Wildman–Crippen LogP) is -1.52. The summed E-state index contributed by atoms with van der Waals surface area (Å²) in [5.74, 6) is -0.779. The van der Waals surface area contributed by atoms with Crippen LogP contribution < -0.4 is 10.8 Å². The number of urea groups is 1. The summed E-state index contributed by atoms with van der Waals surface area (Å²) in [7, 11) is 0. The van der Waals surface area contributed by atoms with Gasteiger partial charge < -0.3 is 30.2 Å². The van der Waals surface area contributed by atoms with Crippen LogP contribution in [0.5, 0.6) is 0 Å². The van der Waals surface area contributed by atoms with Crippen LogP contribution in [0.2, 0.25) is 0 Å². The van der Waals surface area contributed by atoms with Gasteiger partial charge in [0.15, 0.2) is 6.23 Å². The summed E-state index contributed by atoms with van der Waals surface area (Å²) in [5.41, 5.74) is 1.86. The average Bonchev–Trinajstić information content (AvgIpc) is 2.80. The van der Waals surface area contributed by atoms with E-state index in [1.165, 1.54) is 12.3 Å². The summed E-state index contributed by atoms with van der Waals surface area (Å²) >= 11 is 0. The number of ether oxygens (including phenoxy) is 2. The first-order valence-corrected chi connectivity index (χ1v) is 7.20. The van der Waals surface area contributed by atoms with Crippen molar-refractivity contribution in [1.29, 1.82) is 0 Å². The van der Waals surface area contributed by atoms with Crippen LogP contribution in [-0.4, -0.2) is 69.6 Å². The Bertz CT molecular complexity index is 484. The number of carbonyl (C=O) groups is 2. The van der Waals surface area contributed by atoms with Gasteiger partial charge in [-0.1, -0.05) is 13.8 Å². The maximum atomic E-state index is 11.9. The van der Waals surface area contributed by atoms with Crippen LogP contribution in [0.15, 0.2) is 12.3 Å². The van der Waals surface area contributed by atoms with Crippen LogP contribution in [0.1, 0.15) is 13.8 Å². The van der Waals surface area contributed by atoms with E-state index < -0.39 is 42.7 Å².